The predicted octanol–water partition coefficient (Wildman–Crippen LogP) is 0.884. The van der Waals surface area contributed by atoms with E-state index in [0.29, 0.717) is 6.54 Å². The van der Waals surface area contributed by atoms with Crippen LogP contribution in [0.15, 0.2) is 16.3 Å². The van der Waals surface area contributed by atoms with Crippen LogP contribution in [0, 0.1) is 0 Å². The van der Waals surface area contributed by atoms with Crippen molar-refractivity contribution in [1.82, 2.24) is 10.0 Å². The van der Waals surface area contributed by atoms with Crippen molar-refractivity contribution in [2.24, 2.45) is 0 Å². The van der Waals surface area contributed by atoms with E-state index in [1.54, 1.807) is 12.1 Å². The van der Waals surface area contributed by atoms with E-state index in [1.165, 1.54) is 11.3 Å². The maximum atomic E-state index is 12.0. The molecular weight excluding hydrogens is 312 g/mol. The van der Waals surface area contributed by atoms with Crippen LogP contribution in [0.25, 0.3) is 0 Å². The third-order valence-corrected chi connectivity index (χ3v) is 6.35. The molecule has 21 heavy (non-hydrogen) atoms. The highest BCUT2D eigenvalue weighted by molar-refractivity contribution is 7.91. The number of rotatable bonds is 7. The average molecular weight is 332 g/mol. The minimum Gasteiger partial charge on any atom is -0.376 e. The molecule has 118 valence electrons. The SMILES string of the molecule is CCc1ccc(S(=O)(=O)NCC(=O)NCC2CCCO2)s1. The Labute approximate surface area is 128 Å². The lowest BCUT2D eigenvalue weighted by atomic mass is 10.2. The Morgan fingerprint density at radius 1 is 1.48 bits per heavy atom. The van der Waals surface area contributed by atoms with Crippen LogP contribution in [-0.4, -0.2) is 40.1 Å². The maximum absolute atomic E-state index is 12.0. The van der Waals surface area contributed by atoms with Gasteiger partial charge in [0.1, 0.15) is 4.21 Å². The smallest absolute Gasteiger partial charge is 0.250 e. The van der Waals surface area contributed by atoms with E-state index in [1.807, 2.05) is 6.92 Å². The van der Waals surface area contributed by atoms with Crippen LogP contribution in [0.4, 0.5) is 0 Å². The van der Waals surface area contributed by atoms with E-state index in [2.05, 4.69) is 10.0 Å². The Hall–Kier alpha value is -0.960. The third kappa shape index (κ3) is 4.77. The molecule has 1 fully saturated rings. The predicted molar refractivity (Wildman–Crippen MR) is 80.9 cm³/mol. The standard InChI is InChI=1S/C13H20N2O4S2/c1-2-11-5-6-13(20-11)21(17,18)15-9-12(16)14-8-10-4-3-7-19-10/h5-6,10,15H,2-4,7-9H2,1H3,(H,14,16). The van der Waals surface area contributed by atoms with Gasteiger partial charge in [-0.2, -0.15) is 0 Å². The summed E-state index contributed by atoms with van der Waals surface area (Å²) in [6.45, 7) is 2.87. The van der Waals surface area contributed by atoms with E-state index in [4.69, 9.17) is 4.74 Å². The molecule has 1 aliphatic rings. The number of aryl methyl sites for hydroxylation is 1. The monoisotopic (exact) mass is 332 g/mol. The molecule has 2 N–H and O–H groups in total. The molecule has 1 saturated heterocycles. The summed E-state index contributed by atoms with van der Waals surface area (Å²) in [6, 6.07) is 3.35. The Kier molecular flexibility index (Phi) is 5.74. The van der Waals surface area contributed by atoms with Gasteiger partial charge in [-0.3, -0.25) is 4.79 Å². The van der Waals surface area contributed by atoms with E-state index in [9.17, 15) is 13.2 Å². The van der Waals surface area contributed by atoms with Crippen molar-refractivity contribution in [2.75, 3.05) is 19.7 Å². The van der Waals surface area contributed by atoms with Gasteiger partial charge >= 0.3 is 0 Å². The van der Waals surface area contributed by atoms with E-state index in [0.717, 1.165) is 30.7 Å². The molecule has 1 atom stereocenters. The molecule has 1 aromatic heterocycles. The van der Waals surface area contributed by atoms with Crippen molar-refractivity contribution in [3.63, 3.8) is 0 Å². The van der Waals surface area contributed by atoms with Gasteiger partial charge in [-0.1, -0.05) is 6.92 Å². The Balaban J connectivity index is 1.79. The highest BCUT2D eigenvalue weighted by Crippen LogP contribution is 2.21. The quantitative estimate of drug-likeness (QED) is 0.776. The van der Waals surface area contributed by atoms with Crippen LogP contribution < -0.4 is 10.0 Å². The molecule has 0 saturated carbocycles. The summed E-state index contributed by atoms with van der Waals surface area (Å²) in [7, 11) is -3.61. The second kappa shape index (κ2) is 7.35. The van der Waals surface area contributed by atoms with Gasteiger partial charge in [0, 0.05) is 18.0 Å². The normalized spacial score (nSPS) is 18.8. The minimum absolute atomic E-state index is 0.0509. The molecule has 2 rings (SSSR count). The van der Waals surface area contributed by atoms with Crippen molar-refractivity contribution in [3.05, 3.63) is 17.0 Å². The lowest BCUT2D eigenvalue weighted by Gasteiger charge is -2.11. The van der Waals surface area contributed by atoms with Gasteiger partial charge in [0.05, 0.1) is 12.6 Å². The van der Waals surface area contributed by atoms with Crippen molar-refractivity contribution in [1.29, 1.82) is 0 Å². The number of carbonyl (C=O) groups excluding carboxylic acids is 1. The molecular formula is C13H20N2O4S2. The van der Waals surface area contributed by atoms with Gasteiger partial charge in [0.15, 0.2) is 0 Å². The number of thiophene rings is 1. The third-order valence-electron chi connectivity index (χ3n) is 3.22. The number of hydrogen-bond acceptors (Lipinski definition) is 5. The lowest BCUT2D eigenvalue weighted by Crippen LogP contribution is -2.39. The number of hydrogen-bond donors (Lipinski definition) is 2. The summed E-state index contributed by atoms with van der Waals surface area (Å²) >= 11 is 1.22. The first kappa shape index (κ1) is 16.4. The summed E-state index contributed by atoms with van der Waals surface area (Å²) in [4.78, 5) is 12.6. The second-order valence-corrected chi connectivity index (χ2v) is 8.00. The van der Waals surface area contributed by atoms with Crippen LogP contribution in [0.3, 0.4) is 0 Å². The molecule has 1 amide bonds. The first-order valence-electron chi connectivity index (χ1n) is 6.98. The summed E-state index contributed by atoms with van der Waals surface area (Å²) in [5.74, 6) is -0.346. The van der Waals surface area contributed by atoms with E-state index < -0.39 is 10.0 Å². The fourth-order valence-electron chi connectivity index (χ4n) is 2.02. The summed E-state index contributed by atoms with van der Waals surface area (Å²) in [6.07, 6.45) is 2.78. The molecule has 0 aliphatic carbocycles. The Bertz CT molecular complexity index is 577. The topological polar surface area (TPSA) is 84.5 Å². The number of carbonyl (C=O) groups is 1. The van der Waals surface area contributed by atoms with Gasteiger partial charge in [-0.15, -0.1) is 11.3 Å². The van der Waals surface area contributed by atoms with Gasteiger partial charge in [0.25, 0.3) is 10.0 Å². The van der Waals surface area contributed by atoms with Gasteiger partial charge in [0.2, 0.25) is 5.91 Å². The zero-order valence-electron chi connectivity index (χ0n) is 11.9. The average Bonchev–Trinajstić information content (AvgIpc) is 3.13. The molecule has 6 nitrogen and oxygen atoms in total. The van der Waals surface area contributed by atoms with Crippen molar-refractivity contribution >= 4 is 27.3 Å². The zero-order valence-corrected chi connectivity index (χ0v) is 13.6. The van der Waals surface area contributed by atoms with Gasteiger partial charge in [-0.05, 0) is 31.4 Å². The molecule has 1 unspecified atom stereocenters. The fraction of sp³-hybridized carbons (Fsp3) is 0.615. The molecule has 1 aliphatic heterocycles. The lowest BCUT2D eigenvalue weighted by molar-refractivity contribution is -0.120. The number of amides is 1. The first-order chi connectivity index (χ1) is 10.0. The van der Waals surface area contributed by atoms with E-state index in [-0.39, 0.29) is 22.8 Å². The van der Waals surface area contributed by atoms with Crippen LogP contribution in [0.5, 0.6) is 0 Å². The Morgan fingerprint density at radius 3 is 2.90 bits per heavy atom. The Morgan fingerprint density at radius 2 is 2.29 bits per heavy atom. The van der Waals surface area contributed by atoms with Gasteiger partial charge in [-0.25, -0.2) is 13.1 Å². The zero-order chi connectivity index (χ0) is 15.3. The van der Waals surface area contributed by atoms with Crippen LogP contribution in [0.1, 0.15) is 24.6 Å². The molecule has 1 aromatic rings. The van der Waals surface area contributed by atoms with Gasteiger partial charge < -0.3 is 10.1 Å². The minimum atomic E-state index is -3.61. The maximum Gasteiger partial charge on any atom is 0.250 e. The van der Waals surface area contributed by atoms with Crippen LogP contribution >= 0.6 is 11.3 Å². The van der Waals surface area contributed by atoms with Crippen molar-refractivity contribution in [2.45, 2.75) is 36.5 Å². The number of sulfonamides is 1. The van der Waals surface area contributed by atoms with Crippen LogP contribution in [0.2, 0.25) is 0 Å². The molecule has 0 bridgehead atoms. The van der Waals surface area contributed by atoms with Crippen LogP contribution in [-0.2, 0) is 26.0 Å². The highest BCUT2D eigenvalue weighted by Gasteiger charge is 2.19. The number of ether oxygens (including phenoxy) is 1. The second-order valence-electron chi connectivity index (χ2n) is 4.84. The molecule has 2 heterocycles. The first-order valence-corrected chi connectivity index (χ1v) is 9.28. The molecule has 8 heteroatoms. The van der Waals surface area contributed by atoms with Crippen molar-refractivity contribution < 1.29 is 17.9 Å². The summed E-state index contributed by atoms with van der Waals surface area (Å²) in [5.41, 5.74) is 0. The van der Waals surface area contributed by atoms with E-state index >= 15 is 0 Å². The molecule has 0 aromatic carbocycles. The fourth-order valence-corrected chi connectivity index (χ4v) is 4.34. The highest BCUT2D eigenvalue weighted by atomic mass is 32.2. The molecule has 0 spiro atoms. The molecule has 0 radical (unpaired) electrons. The summed E-state index contributed by atoms with van der Waals surface area (Å²) in [5, 5.41) is 2.68. The van der Waals surface area contributed by atoms with Crippen molar-refractivity contribution in [3.8, 4) is 0 Å². The number of nitrogens with one attached hydrogen (secondary N) is 2. The largest absolute Gasteiger partial charge is 0.376 e. The summed E-state index contributed by atoms with van der Waals surface area (Å²) < 4.78 is 32.0.